The Kier molecular flexibility index (Phi) is 4.98. The lowest BCUT2D eigenvalue weighted by atomic mass is 10.1. The van der Waals surface area contributed by atoms with Gasteiger partial charge in [0.1, 0.15) is 11.8 Å². The SMILES string of the molecule is CCOC(=O)Cc1c(OC)ccc(C#N)c1Br. The first-order chi connectivity index (χ1) is 8.13. The molecule has 0 bridgehead atoms. The zero-order chi connectivity index (χ0) is 12.8. The smallest absolute Gasteiger partial charge is 0.310 e. The van der Waals surface area contributed by atoms with Gasteiger partial charge in [-0.25, -0.2) is 0 Å². The minimum Gasteiger partial charge on any atom is -0.496 e. The van der Waals surface area contributed by atoms with E-state index in [4.69, 9.17) is 14.7 Å². The van der Waals surface area contributed by atoms with Crippen LogP contribution in [0.1, 0.15) is 18.1 Å². The molecule has 0 unspecified atom stereocenters. The van der Waals surface area contributed by atoms with E-state index in [1.54, 1.807) is 19.1 Å². The summed E-state index contributed by atoms with van der Waals surface area (Å²) in [4.78, 5) is 11.5. The Morgan fingerprint density at radius 3 is 2.76 bits per heavy atom. The number of rotatable bonds is 4. The minimum absolute atomic E-state index is 0.0765. The number of benzene rings is 1. The first kappa shape index (κ1) is 13.5. The number of nitrogens with zero attached hydrogens (tertiary/aromatic N) is 1. The van der Waals surface area contributed by atoms with Gasteiger partial charge in [0.05, 0.1) is 25.7 Å². The zero-order valence-electron chi connectivity index (χ0n) is 9.62. The highest BCUT2D eigenvalue weighted by molar-refractivity contribution is 9.10. The van der Waals surface area contributed by atoms with Crippen molar-refractivity contribution in [2.24, 2.45) is 0 Å². The minimum atomic E-state index is -0.346. The van der Waals surface area contributed by atoms with E-state index in [-0.39, 0.29) is 12.4 Å². The van der Waals surface area contributed by atoms with Crippen molar-refractivity contribution < 1.29 is 14.3 Å². The zero-order valence-corrected chi connectivity index (χ0v) is 11.2. The molecule has 0 spiro atoms. The van der Waals surface area contributed by atoms with Gasteiger partial charge in [-0.1, -0.05) is 0 Å². The van der Waals surface area contributed by atoms with Crippen molar-refractivity contribution in [3.8, 4) is 11.8 Å². The summed E-state index contributed by atoms with van der Waals surface area (Å²) in [7, 11) is 1.52. The molecule has 0 N–H and O–H groups in total. The molecule has 0 radical (unpaired) electrons. The maximum absolute atomic E-state index is 11.5. The lowest BCUT2D eigenvalue weighted by Crippen LogP contribution is -2.09. The number of carbonyl (C=O) groups is 1. The van der Waals surface area contributed by atoms with Crippen LogP contribution in [-0.2, 0) is 16.0 Å². The van der Waals surface area contributed by atoms with Crippen molar-refractivity contribution in [3.05, 3.63) is 27.7 Å². The van der Waals surface area contributed by atoms with E-state index >= 15 is 0 Å². The van der Waals surface area contributed by atoms with Gasteiger partial charge in [0.25, 0.3) is 0 Å². The largest absolute Gasteiger partial charge is 0.496 e. The highest BCUT2D eigenvalue weighted by atomic mass is 79.9. The van der Waals surface area contributed by atoms with Crippen LogP contribution in [0.2, 0.25) is 0 Å². The van der Waals surface area contributed by atoms with E-state index in [9.17, 15) is 4.79 Å². The summed E-state index contributed by atoms with van der Waals surface area (Å²) in [6.07, 6.45) is 0.0765. The fourth-order valence-corrected chi connectivity index (χ4v) is 1.96. The number of methoxy groups -OCH3 is 1. The Morgan fingerprint density at radius 2 is 2.24 bits per heavy atom. The molecule has 5 heteroatoms. The topological polar surface area (TPSA) is 59.3 Å². The Bertz CT molecular complexity index is 466. The van der Waals surface area contributed by atoms with E-state index in [0.29, 0.717) is 28.0 Å². The summed E-state index contributed by atoms with van der Waals surface area (Å²) in [5.74, 6) is 0.213. The van der Waals surface area contributed by atoms with Crippen LogP contribution in [0.3, 0.4) is 0 Å². The Labute approximate surface area is 108 Å². The van der Waals surface area contributed by atoms with Crippen molar-refractivity contribution in [1.29, 1.82) is 5.26 Å². The summed E-state index contributed by atoms with van der Waals surface area (Å²) >= 11 is 3.30. The van der Waals surface area contributed by atoms with Gasteiger partial charge < -0.3 is 9.47 Å². The molecular weight excluding hydrogens is 286 g/mol. The molecule has 0 aliphatic rings. The molecule has 0 heterocycles. The number of carbonyl (C=O) groups excluding carboxylic acids is 1. The maximum Gasteiger partial charge on any atom is 0.310 e. The standard InChI is InChI=1S/C12H12BrNO3/c1-3-17-11(15)6-9-10(16-2)5-4-8(7-14)12(9)13/h4-5H,3,6H2,1-2H3. The van der Waals surface area contributed by atoms with Gasteiger partial charge >= 0.3 is 5.97 Å². The fourth-order valence-electron chi connectivity index (χ4n) is 1.40. The summed E-state index contributed by atoms with van der Waals surface area (Å²) in [6, 6.07) is 5.34. The second-order valence-corrected chi connectivity index (χ2v) is 3.99. The number of hydrogen-bond donors (Lipinski definition) is 0. The van der Waals surface area contributed by atoms with E-state index in [0.717, 1.165) is 0 Å². The molecule has 0 atom stereocenters. The second-order valence-electron chi connectivity index (χ2n) is 3.20. The average Bonchev–Trinajstić information content (AvgIpc) is 2.32. The van der Waals surface area contributed by atoms with Crippen LogP contribution in [0, 0.1) is 11.3 Å². The Balaban J connectivity index is 3.11. The summed E-state index contributed by atoms with van der Waals surface area (Å²) in [5.41, 5.74) is 1.09. The number of nitriles is 1. The molecular formula is C12H12BrNO3. The van der Waals surface area contributed by atoms with Gasteiger partial charge in [0.15, 0.2) is 0 Å². The third kappa shape index (κ3) is 3.21. The van der Waals surface area contributed by atoms with Crippen molar-refractivity contribution in [2.45, 2.75) is 13.3 Å². The molecule has 0 amide bonds. The Hall–Kier alpha value is -1.54. The molecule has 90 valence electrons. The van der Waals surface area contributed by atoms with Crippen LogP contribution in [-0.4, -0.2) is 19.7 Å². The van der Waals surface area contributed by atoms with Crippen LogP contribution in [0.15, 0.2) is 16.6 Å². The van der Waals surface area contributed by atoms with Gasteiger partial charge in [0, 0.05) is 10.0 Å². The average molecular weight is 298 g/mol. The van der Waals surface area contributed by atoms with Crippen LogP contribution >= 0.6 is 15.9 Å². The number of ether oxygens (including phenoxy) is 2. The van der Waals surface area contributed by atoms with E-state index in [1.807, 2.05) is 6.07 Å². The molecule has 0 aromatic heterocycles. The highest BCUT2D eigenvalue weighted by Crippen LogP contribution is 2.30. The van der Waals surface area contributed by atoms with Crippen LogP contribution in [0.25, 0.3) is 0 Å². The van der Waals surface area contributed by atoms with Gasteiger partial charge in [-0.15, -0.1) is 0 Å². The van der Waals surface area contributed by atoms with Crippen molar-refractivity contribution in [3.63, 3.8) is 0 Å². The monoisotopic (exact) mass is 297 g/mol. The van der Waals surface area contributed by atoms with Gasteiger partial charge in [0.2, 0.25) is 0 Å². The highest BCUT2D eigenvalue weighted by Gasteiger charge is 2.15. The predicted octanol–water partition coefficient (Wildman–Crippen LogP) is 2.43. The predicted molar refractivity (Wildman–Crippen MR) is 65.7 cm³/mol. The summed E-state index contributed by atoms with van der Waals surface area (Å²) in [5, 5.41) is 8.91. The van der Waals surface area contributed by atoms with Crippen molar-refractivity contribution in [1.82, 2.24) is 0 Å². The fraction of sp³-hybridized carbons (Fsp3) is 0.333. The quantitative estimate of drug-likeness (QED) is 0.801. The molecule has 0 fully saturated rings. The van der Waals surface area contributed by atoms with Crippen molar-refractivity contribution in [2.75, 3.05) is 13.7 Å². The Morgan fingerprint density at radius 1 is 1.53 bits per heavy atom. The lowest BCUT2D eigenvalue weighted by molar-refractivity contribution is -0.142. The first-order valence-electron chi connectivity index (χ1n) is 5.05. The van der Waals surface area contributed by atoms with Crippen molar-refractivity contribution >= 4 is 21.9 Å². The summed E-state index contributed by atoms with van der Waals surface area (Å²) in [6.45, 7) is 2.08. The van der Waals surface area contributed by atoms with Crippen LogP contribution in [0.5, 0.6) is 5.75 Å². The molecule has 4 nitrogen and oxygen atoms in total. The second kappa shape index (κ2) is 6.26. The number of hydrogen-bond acceptors (Lipinski definition) is 4. The maximum atomic E-state index is 11.5. The molecule has 1 aromatic carbocycles. The van der Waals surface area contributed by atoms with E-state index in [2.05, 4.69) is 15.9 Å². The van der Waals surface area contributed by atoms with Crippen LogP contribution < -0.4 is 4.74 Å². The molecule has 17 heavy (non-hydrogen) atoms. The third-order valence-corrected chi connectivity index (χ3v) is 3.07. The lowest BCUT2D eigenvalue weighted by Gasteiger charge is -2.11. The molecule has 0 aliphatic heterocycles. The van der Waals surface area contributed by atoms with E-state index < -0.39 is 0 Å². The van der Waals surface area contributed by atoms with E-state index in [1.165, 1.54) is 7.11 Å². The molecule has 1 aromatic rings. The normalized spacial score (nSPS) is 9.53. The summed E-state index contributed by atoms with van der Waals surface area (Å²) < 4.78 is 10.6. The third-order valence-electron chi connectivity index (χ3n) is 2.17. The number of esters is 1. The molecule has 0 aliphatic carbocycles. The van der Waals surface area contributed by atoms with Gasteiger partial charge in [-0.05, 0) is 35.0 Å². The first-order valence-corrected chi connectivity index (χ1v) is 5.84. The number of halogens is 1. The van der Waals surface area contributed by atoms with Gasteiger partial charge in [-0.3, -0.25) is 4.79 Å². The molecule has 0 saturated heterocycles. The van der Waals surface area contributed by atoms with Crippen LogP contribution in [0.4, 0.5) is 0 Å². The molecule has 0 saturated carbocycles. The van der Waals surface area contributed by atoms with Gasteiger partial charge in [-0.2, -0.15) is 5.26 Å². The molecule has 1 rings (SSSR count).